The van der Waals surface area contributed by atoms with Crippen LogP contribution in [0.15, 0.2) is 0 Å². The van der Waals surface area contributed by atoms with Gasteiger partial charge in [-0.1, -0.05) is 0 Å². The number of nitrogens with zero attached hydrogens (tertiary/aromatic N) is 1. The van der Waals surface area contributed by atoms with Crippen molar-refractivity contribution < 1.29 is 0 Å². The Kier molecular flexibility index (Phi) is 2.61. The summed E-state index contributed by atoms with van der Waals surface area (Å²) in [7, 11) is 0. The third kappa shape index (κ3) is 2.44. The number of nitrogens with one attached hydrogen (secondary N) is 1. The van der Waals surface area contributed by atoms with Gasteiger partial charge in [-0.15, -0.1) is 0 Å². The maximum absolute atomic E-state index is 3.59. The monoisotopic (exact) mass is 182 g/mol. The lowest BCUT2D eigenvalue weighted by Crippen LogP contribution is -2.31. The quantitative estimate of drug-likeness (QED) is 0.695. The predicted octanol–water partition coefficient (Wildman–Crippen LogP) is 1.47. The molecule has 0 bridgehead atoms. The fourth-order valence-corrected chi connectivity index (χ4v) is 2.75. The highest BCUT2D eigenvalue weighted by atomic mass is 15.1. The number of rotatable bonds is 2. The maximum atomic E-state index is 3.59. The second-order valence-corrected chi connectivity index (χ2v) is 5.34. The highest BCUT2D eigenvalue weighted by Crippen LogP contribution is 2.24. The summed E-state index contributed by atoms with van der Waals surface area (Å²) in [6.07, 6.45) is 4.19. The smallest absolute Gasteiger partial charge is 0.0128 e. The second-order valence-electron chi connectivity index (χ2n) is 5.34. The number of hydrogen-bond donors (Lipinski definition) is 1. The molecule has 0 radical (unpaired) electrons. The van der Waals surface area contributed by atoms with Crippen molar-refractivity contribution in [2.24, 2.45) is 5.92 Å². The van der Waals surface area contributed by atoms with Gasteiger partial charge >= 0.3 is 0 Å². The molecule has 2 nitrogen and oxygen atoms in total. The molecule has 2 heteroatoms. The van der Waals surface area contributed by atoms with Crippen LogP contribution in [0.1, 0.15) is 33.1 Å². The SMILES string of the molecule is CC1(C)CC(CN2CCCC2)CN1. The van der Waals surface area contributed by atoms with E-state index < -0.39 is 0 Å². The van der Waals surface area contributed by atoms with Gasteiger partial charge in [0.25, 0.3) is 0 Å². The van der Waals surface area contributed by atoms with Crippen LogP contribution in [-0.2, 0) is 0 Å². The molecule has 0 spiro atoms. The molecule has 2 rings (SSSR count). The molecule has 2 fully saturated rings. The Morgan fingerprint density at radius 1 is 1.31 bits per heavy atom. The lowest BCUT2D eigenvalue weighted by molar-refractivity contribution is 0.281. The Balaban J connectivity index is 1.77. The van der Waals surface area contributed by atoms with Crippen molar-refractivity contribution >= 4 is 0 Å². The molecule has 0 amide bonds. The molecule has 0 aromatic heterocycles. The van der Waals surface area contributed by atoms with E-state index in [9.17, 15) is 0 Å². The summed E-state index contributed by atoms with van der Waals surface area (Å²) in [5.74, 6) is 0.896. The fourth-order valence-electron chi connectivity index (χ4n) is 2.75. The molecular formula is C11H22N2. The van der Waals surface area contributed by atoms with Crippen molar-refractivity contribution in [1.29, 1.82) is 0 Å². The fraction of sp³-hybridized carbons (Fsp3) is 1.00. The summed E-state index contributed by atoms with van der Waals surface area (Å²) >= 11 is 0. The summed E-state index contributed by atoms with van der Waals surface area (Å²) in [4.78, 5) is 2.63. The van der Waals surface area contributed by atoms with Crippen molar-refractivity contribution in [1.82, 2.24) is 10.2 Å². The van der Waals surface area contributed by atoms with Crippen molar-refractivity contribution in [2.45, 2.75) is 38.6 Å². The first-order valence-corrected chi connectivity index (χ1v) is 5.63. The van der Waals surface area contributed by atoms with Gasteiger partial charge in [-0.05, 0) is 58.7 Å². The summed E-state index contributed by atoms with van der Waals surface area (Å²) in [6.45, 7) is 9.88. The zero-order valence-corrected chi connectivity index (χ0v) is 8.97. The van der Waals surface area contributed by atoms with Crippen LogP contribution in [0.2, 0.25) is 0 Å². The molecule has 0 aliphatic carbocycles. The Bertz CT molecular complexity index is 171. The third-order valence-corrected chi connectivity index (χ3v) is 3.38. The zero-order valence-electron chi connectivity index (χ0n) is 8.97. The van der Waals surface area contributed by atoms with Crippen LogP contribution in [0.25, 0.3) is 0 Å². The summed E-state index contributed by atoms with van der Waals surface area (Å²) < 4.78 is 0. The molecule has 0 aromatic rings. The van der Waals surface area contributed by atoms with Gasteiger partial charge < -0.3 is 10.2 Å². The highest BCUT2D eigenvalue weighted by Gasteiger charge is 2.31. The average molecular weight is 182 g/mol. The van der Waals surface area contributed by atoms with Crippen molar-refractivity contribution in [2.75, 3.05) is 26.2 Å². The Morgan fingerprint density at radius 3 is 2.54 bits per heavy atom. The van der Waals surface area contributed by atoms with Crippen molar-refractivity contribution in [3.8, 4) is 0 Å². The number of hydrogen-bond acceptors (Lipinski definition) is 2. The molecule has 1 unspecified atom stereocenters. The Morgan fingerprint density at radius 2 is 2.00 bits per heavy atom. The van der Waals surface area contributed by atoms with Crippen LogP contribution in [0, 0.1) is 5.92 Å². The first-order valence-electron chi connectivity index (χ1n) is 5.63. The molecule has 2 saturated heterocycles. The van der Waals surface area contributed by atoms with E-state index in [1.807, 2.05) is 0 Å². The van der Waals surface area contributed by atoms with Gasteiger partial charge in [0.15, 0.2) is 0 Å². The van der Waals surface area contributed by atoms with E-state index in [1.54, 1.807) is 0 Å². The lowest BCUT2D eigenvalue weighted by Gasteiger charge is -2.20. The summed E-state index contributed by atoms with van der Waals surface area (Å²) in [5, 5.41) is 3.59. The standard InChI is InChI=1S/C11H22N2/c1-11(2)7-10(8-12-11)9-13-5-3-4-6-13/h10,12H,3-9H2,1-2H3. The first-order chi connectivity index (χ1) is 6.16. The van der Waals surface area contributed by atoms with E-state index in [1.165, 1.54) is 45.4 Å². The second kappa shape index (κ2) is 3.58. The van der Waals surface area contributed by atoms with E-state index in [-0.39, 0.29) is 0 Å². The van der Waals surface area contributed by atoms with E-state index in [2.05, 4.69) is 24.1 Å². The molecule has 1 N–H and O–H groups in total. The average Bonchev–Trinajstić information content (AvgIpc) is 2.61. The van der Waals surface area contributed by atoms with Crippen LogP contribution in [0.4, 0.5) is 0 Å². The van der Waals surface area contributed by atoms with Crippen molar-refractivity contribution in [3.63, 3.8) is 0 Å². The van der Waals surface area contributed by atoms with Crippen LogP contribution < -0.4 is 5.32 Å². The van der Waals surface area contributed by atoms with Gasteiger partial charge in [0, 0.05) is 12.1 Å². The molecule has 1 atom stereocenters. The van der Waals surface area contributed by atoms with Gasteiger partial charge in [-0.25, -0.2) is 0 Å². The number of likely N-dealkylation sites (tertiary alicyclic amines) is 1. The molecule has 13 heavy (non-hydrogen) atoms. The molecule has 2 aliphatic rings. The zero-order chi connectivity index (χ0) is 9.31. The van der Waals surface area contributed by atoms with E-state index in [0.717, 1.165) is 5.92 Å². The van der Waals surface area contributed by atoms with Crippen LogP contribution >= 0.6 is 0 Å². The van der Waals surface area contributed by atoms with Gasteiger partial charge in [0.2, 0.25) is 0 Å². The van der Waals surface area contributed by atoms with E-state index in [4.69, 9.17) is 0 Å². The van der Waals surface area contributed by atoms with E-state index >= 15 is 0 Å². The van der Waals surface area contributed by atoms with Crippen LogP contribution in [0.5, 0.6) is 0 Å². The van der Waals surface area contributed by atoms with Crippen LogP contribution in [0.3, 0.4) is 0 Å². The third-order valence-electron chi connectivity index (χ3n) is 3.38. The Hall–Kier alpha value is -0.0800. The minimum atomic E-state index is 0.393. The summed E-state index contributed by atoms with van der Waals surface area (Å²) in [6, 6.07) is 0. The Labute approximate surface area is 81.7 Å². The van der Waals surface area contributed by atoms with Crippen molar-refractivity contribution in [3.05, 3.63) is 0 Å². The molecule has 76 valence electrons. The molecule has 2 aliphatic heterocycles. The van der Waals surface area contributed by atoms with Gasteiger partial charge in [-0.2, -0.15) is 0 Å². The molecule has 2 heterocycles. The van der Waals surface area contributed by atoms with E-state index in [0.29, 0.717) is 5.54 Å². The maximum Gasteiger partial charge on any atom is 0.0128 e. The van der Waals surface area contributed by atoms with Crippen LogP contribution in [-0.4, -0.2) is 36.6 Å². The normalized spacial score (nSPS) is 34.2. The molecular weight excluding hydrogens is 160 g/mol. The minimum Gasteiger partial charge on any atom is -0.311 e. The molecule has 0 aromatic carbocycles. The summed E-state index contributed by atoms with van der Waals surface area (Å²) in [5.41, 5.74) is 0.393. The predicted molar refractivity (Wildman–Crippen MR) is 55.9 cm³/mol. The molecule has 0 saturated carbocycles. The largest absolute Gasteiger partial charge is 0.311 e. The topological polar surface area (TPSA) is 15.3 Å². The minimum absolute atomic E-state index is 0.393. The lowest BCUT2D eigenvalue weighted by atomic mass is 9.97. The van der Waals surface area contributed by atoms with Gasteiger partial charge in [-0.3, -0.25) is 0 Å². The first kappa shape index (κ1) is 9.47. The van der Waals surface area contributed by atoms with Gasteiger partial charge in [0.05, 0.1) is 0 Å². The van der Waals surface area contributed by atoms with Gasteiger partial charge in [0.1, 0.15) is 0 Å². The highest BCUT2D eigenvalue weighted by molar-refractivity contribution is 4.90.